The number of rotatable bonds is 3. The number of aliphatic hydroxyl groups is 3. The lowest BCUT2D eigenvalue weighted by atomic mass is 9.99. The number of hydrogen-bond acceptors (Lipinski definition) is 6. The van der Waals surface area contributed by atoms with Crippen molar-refractivity contribution in [3.8, 4) is 17.6 Å². The van der Waals surface area contributed by atoms with E-state index in [0.29, 0.717) is 11.3 Å². The molecule has 1 aliphatic rings. The predicted molar refractivity (Wildman–Crippen MR) is 90.0 cm³/mol. The van der Waals surface area contributed by atoms with Gasteiger partial charge in [0.2, 0.25) is 0 Å². The first-order chi connectivity index (χ1) is 11.6. The van der Waals surface area contributed by atoms with Crippen LogP contribution in [0, 0.1) is 11.8 Å². The summed E-state index contributed by atoms with van der Waals surface area (Å²) in [6.45, 7) is -0.366. The summed E-state index contributed by atoms with van der Waals surface area (Å²) >= 11 is 1.58. The fourth-order valence-electron chi connectivity index (χ4n) is 2.67. The minimum Gasteiger partial charge on any atom is -0.496 e. The molecule has 2 aromatic rings. The predicted octanol–water partition coefficient (Wildman–Crippen LogP) is 1.31. The van der Waals surface area contributed by atoms with Crippen LogP contribution in [0.2, 0.25) is 0 Å². The zero-order valence-electron chi connectivity index (χ0n) is 13.0. The SMILES string of the molecule is COc1ccc(C#Cc2ccsc2)cc1[C@@H]1O[C@H](CO)[C@@H](O)[C@H]1O. The fourth-order valence-corrected chi connectivity index (χ4v) is 3.26. The number of aliphatic hydroxyl groups excluding tert-OH is 3. The number of benzene rings is 1. The molecule has 5 nitrogen and oxygen atoms in total. The van der Waals surface area contributed by atoms with E-state index in [9.17, 15) is 15.3 Å². The van der Waals surface area contributed by atoms with Gasteiger partial charge >= 0.3 is 0 Å². The van der Waals surface area contributed by atoms with E-state index in [1.807, 2.05) is 22.9 Å². The Hall–Kier alpha value is -1.88. The first-order valence-corrected chi connectivity index (χ1v) is 8.43. The monoisotopic (exact) mass is 346 g/mol. The Morgan fingerprint density at radius 2 is 1.96 bits per heavy atom. The van der Waals surface area contributed by atoms with Gasteiger partial charge in [0.25, 0.3) is 0 Å². The minimum absolute atomic E-state index is 0.366. The largest absolute Gasteiger partial charge is 0.496 e. The third-order valence-electron chi connectivity index (χ3n) is 3.95. The van der Waals surface area contributed by atoms with E-state index >= 15 is 0 Å². The van der Waals surface area contributed by atoms with Crippen molar-refractivity contribution in [3.05, 3.63) is 51.7 Å². The van der Waals surface area contributed by atoms with E-state index in [1.165, 1.54) is 7.11 Å². The summed E-state index contributed by atoms with van der Waals surface area (Å²) in [4.78, 5) is 0. The molecule has 4 atom stereocenters. The van der Waals surface area contributed by atoms with Crippen molar-refractivity contribution in [2.75, 3.05) is 13.7 Å². The van der Waals surface area contributed by atoms with Crippen LogP contribution in [0.4, 0.5) is 0 Å². The average molecular weight is 346 g/mol. The molecule has 24 heavy (non-hydrogen) atoms. The molecule has 1 aromatic heterocycles. The third kappa shape index (κ3) is 3.31. The third-order valence-corrected chi connectivity index (χ3v) is 4.63. The molecule has 0 spiro atoms. The highest BCUT2D eigenvalue weighted by Gasteiger charge is 2.44. The summed E-state index contributed by atoms with van der Waals surface area (Å²) in [5, 5.41) is 33.3. The summed E-state index contributed by atoms with van der Waals surface area (Å²) in [6, 6.07) is 7.29. The van der Waals surface area contributed by atoms with Crippen LogP contribution in [0.5, 0.6) is 5.75 Å². The maximum atomic E-state index is 10.2. The summed E-state index contributed by atoms with van der Waals surface area (Å²) in [5.41, 5.74) is 2.28. The van der Waals surface area contributed by atoms with E-state index in [0.717, 1.165) is 11.1 Å². The molecule has 1 aliphatic heterocycles. The lowest BCUT2D eigenvalue weighted by Crippen LogP contribution is -2.32. The molecule has 0 saturated carbocycles. The molecule has 3 rings (SSSR count). The number of thiophene rings is 1. The van der Waals surface area contributed by atoms with Crippen LogP contribution in [0.3, 0.4) is 0 Å². The Morgan fingerprint density at radius 1 is 1.17 bits per heavy atom. The standard InChI is InChI=1S/C18H18O5S/c1-22-14-5-4-11(2-3-12-6-7-24-10-12)8-13(14)18-17(21)16(20)15(9-19)23-18/h4-8,10,15-21H,9H2,1H3/t15-,16-,17-,18+/m1/s1. The first-order valence-electron chi connectivity index (χ1n) is 7.48. The normalized spacial score (nSPS) is 26.0. The van der Waals surface area contributed by atoms with Crippen LogP contribution >= 0.6 is 11.3 Å². The molecule has 2 heterocycles. The maximum Gasteiger partial charge on any atom is 0.124 e. The summed E-state index contributed by atoms with van der Waals surface area (Å²) in [7, 11) is 1.52. The molecule has 3 N–H and O–H groups in total. The Bertz CT molecular complexity index is 747. The van der Waals surface area contributed by atoms with E-state index < -0.39 is 24.4 Å². The minimum atomic E-state index is -1.15. The van der Waals surface area contributed by atoms with Gasteiger partial charge in [0.05, 0.1) is 13.7 Å². The lowest BCUT2D eigenvalue weighted by Gasteiger charge is -2.18. The average Bonchev–Trinajstić information content (AvgIpc) is 3.22. The van der Waals surface area contributed by atoms with Crippen LogP contribution < -0.4 is 4.74 Å². The quantitative estimate of drug-likeness (QED) is 0.731. The van der Waals surface area contributed by atoms with Crippen molar-refractivity contribution < 1.29 is 24.8 Å². The molecule has 6 heteroatoms. The highest BCUT2D eigenvalue weighted by atomic mass is 32.1. The highest BCUT2D eigenvalue weighted by Crippen LogP contribution is 2.38. The smallest absolute Gasteiger partial charge is 0.124 e. The van der Waals surface area contributed by atoms with E-state index in [2.05, 4.69) is 11.8 Å². The van der Waals surface area contributed by atoms with Crippen LogP contribution in [0.25, 0.3) is 0 Å². The summed E-state index contributed by atoms with van der Waals surface area (Å²) in [5.74, 6) is 6.66. The second kappa shape index (κ2) is 7.34. The molecule has 0 aliphatic carbocycles. The van der Waals surface area contributed by atoms with Crippen LogP contribution in [-0.2, 0) is 4.74 Å². The van der Waals surface area contributed by atoms with Gasteiger partial charge in [-0.05, 0) is 29.6 Å². The molecular formula is C18H18O5S. The Morgan fingerprint density at radius 3 is 2.58 bits per heavy atom. The summed E-state index contributed by atoms with van der Waals surface area (Å²) in [6.07, 6.45) is -3.90. The second-order valence-electron chi connectivity index (χ2n) is 5.48. The number of ether oxygens (including phenoxy) is 2. The highest BCUT2D eigenvalue weighted by molar-refractivity contribution is 7.08. The van der Waals surface area contributed by atoms with Gasteiger partial charge in [-0.2, -0.15) is 11.3 Å². The van der Waals surface area contributed by atoms with Gasteiger partial charge in [0.1, 0.15) is 30.2 Å². The molecule has 0 bridgehead atoms. The fraction of sp³-hybridized carbons (Fsp3) is 0.333. The van der Waals surface area contributed by atoms with Gasteiger partial charge in [-0.15, -0.1) is 0 Å². The van der Waals surface area contributed by atoms with Crippen molar-refractivity contribution in [3.63, 3.8) is 0 Å². The molecular weight excluding hydrogens is 328 g/mol. The van der Waals surface area contributed by atoms with Crippen molar-refractivity contribution in [1.82, 2.24) is 0 Å². The van der Waals surface area contributed by atoms with Crippen molar-refractivity contribution in [2.45, 2.75) is 24.4 Å². The molecule has 1 aromatic carbocycles. The molecule has 126 valence electrons. The van der Waals surface area contributed by atoms with Gasteiger partial charge in [0.15, 0.2) is 0 Å². The van der Waals surface area contributed by atoms with Crippen molar-refractivity contribution in [2.24, 2.45) is 0 Å². The molecule has 1 saturated heterocycles. The van der Waals surface area contributed by atoms with Crippen LogP contribution in [0.15, 0.2) is 35.0 Å². The maximum absolute atomic E-state index is 10.2. The van der Waals surface area contributed by atoms with Crippen molar-refractivity contribution >= 4 is 11.3 Å². The van der Waals surface area contributed by atoms with E-state index in [-0.39, 0.29) is 6.61 Å². The molecule has 0 amide bonds. The molecule has 1 fully saturated rings. The Balaban J connectivity index is 1.93. The van der Waals surface area contributed by atoms with Crippen LogP contribution in [-0.4, -0.2) is 47.3 Å². The van der Waals surface area contributed by atoms with E-state index in [4.69, 9.17) is 9.47 Å². The Labute approximate surface area is 144 Å². The van der Waals surface area contributed by atoms with Gasteiger partial charge in [-0.25, -0.2) is 0 Å². The second-order valence-corrected chi connectivity index (χ2v) is 6.26. The molecule has 0 unspecified atom stereocenters. The van der Waals surface area contributed by atoms with E-state index in [1.54, 1.807) is 23.5 Å². The van der Waals surface area contributed by atoms with Gasteiger partial charge in [0, 0.05) is 22.1 Å². The lowest BCUT2D eigenvalue weighted by molar-refractivity contribution is -0.0233. The number of hydrogen-bond donors (Lipinski definition) is 3. The summed E-state index contributed by atoms with van der Waals surface area (Å²) < 4.78 is 10.9. The van der Waals surface area contributed by atoms with Gasteiger partial charge < -0.3 is 24.8 Å². The number of methoxy groups -OCH3 is 1. The first kappa shape index (κ1) is 17.0. The zero-order valence-corrected chi connectivity index (χ0v) is 13.9. The van der Waals surface area contributed by atoms with Crippen molar-refractivity contribution in [1.29, 1.82) is 0 Å². The van der Waals surface area contributed by atoms with Gasteiger partial charge in [-0.3, -0.25) is 0 Å². The Kier molecular flexibility index (Phi) is 5.19. The van der Waals surface area contributed by atoms with Crippen LogP contribution in [0.1, 0.15) is 22.8 Å². The zero-order chi connectivity index (χ0) is 17.1. The molecule has 0 radical (unpaired) electrons. The topological polar surface area (TPSA) is 79.2 Å². The van der Waals surface area contributed by atoms with Gasteiger partial charge in [-0.1, -0.05) is 11.8 Å².